The van der Waals surface area contributed by atoms with E-state index in [1.54, 1.807) is 18.2 Å². The number of fused-ring (bicyclic) bond motifs is 1. The number of anilines is 2. The predicted octanol–water partition coefficient (Wildman–Crippen LogP) is 4.60. The zero-order valence-corrected chi connectivity index (χ0v) is 16.6. The van der Waals surface area contributed by atoms with Gasteiger partial charge in [-0.25, -0.2) is 18.4 Å². The number of hydrogen-bond donors (Lipinski definition) is 1. The van der Waals surface area contributed by atoms with Gasteiger partial charge in [0.25, 0.3) is 0 Å². The molecule has 0 amide bonds. The molecule has 0 atom stereocenters. The van der Waals surface area contributed by atoms with Crippen LogP contribution in [0.15, 0.2) is 42.5 Å². The summed E-state index contributed by atoms with van der Waals surface area (Å²) >= 11 is 6.02. The Morgan fingerprint density at radius 3 is 2.53 bits per heavy atom. The van der Waals surface area contributed by atoms with Crippen molar-refractivity contribution < 1.29 is 8.78 Å². The number of aromatic nitrogens is 4. The first-order chi connectivity index (χ1) is 14.5. The summed E-state index contributed by atoms with van der Waals surface area (Å²) in [5.41, 5.74) is 8.36. The molecule has 4 aromatic rings. The van der Waals surface area contributed by atoms with Gasteiger partial charge in [-0.2, -0.15) is 4.98 Å². The Labute approximate surface area is 175 Å². The van der Waals surface area contributed by atoms with E-state index in [9.17, 15) is 8.78 Å². The number of nitrogen functional groups attached to an aromatic ring is 1. The van der Waals surface area contributed by atoms with Crippen molar-refractivity contribution in [1.82, 2.24) is 19.7 Å². The normalized spacial score (nSPS) is 14.0. The molecule has 2 aromatic carbocycles. The molecule has 2 aromatic heterocycles. The molecule has 1 fully saturated rings. The quantitative estimate of drug-likeness (QED) is 0.518. The molecule has 1 aliphatic heterocycles. The van der Waals surface area contributed by atoms with Crippen LogP contribution in [0.25, 0.3) is 28.0 Å². The van der Waals surface area contributed by atoms with Crippen LogP contribution in [-0.4, -0.2) is 32.8 Å². The maximum absolute atomic E-state index is 13.8. The van der Waals surface area contributed by atoms with Crippen molar-refractivity contribution in [2.45, 2.75) is 12.8 Å². The number of benzene rings is 2. The topological polar surface area (TPSA) is 72.9 Å². The van der Waals surface area contributed by atoms with E-state index in [1.807, 2.05) is 0 Å². The molecule has 0 saturated carbocycles. The summed E-state index contributed by atoms with van der Waals surface area (Å²) < 4.78 is 28.9. The van der Waals surface area contributed by atoms with Crippen molar-refractivity contribution >= 4 is 34.4 Å². The van der Waals surface area contributed by atoms with Gasteiger partial charge < -0.3 is 10.6 Å². The summed E-state index contributed by atoms with van der Waals surface area (Å²) in [4.78, 5) is 11.4. The minimum atomic E-state index is -0.520. The van der Waals surface area contributed by atoms with E-state index in [0.717, 1.165) is 25.9 Å². The lowest BCUT2D eigenvalue weighted by atomic mass is 10.1. The van der Waals surface area contributed by atoms with Crippen molar-refractivity contribution in [2.24, 2.45) is 0 Å². The van der Waals surface area contributed by atoms with E-state index in [1.165, 1.54) is 28.9 Å². The monoisotopic (exact) mass is 426 g/mol. The summed E-state index contributed by atoms with van der Waals surface area (Å²) in [5.74, 6) is -0.131. The zero-order valence-electron chi connectivity index (χ0n) is 15.8. The predicted molar refractivity (Wildman–Crippen MR) is 113 cm³/mol. The van der Waals surface area contributed by atoms with Crippen molar-refractivity contribution in [1.29, 1.82) is 0 Å². The zero-order chi connectivity index (χ0) is 20.8. The summed E-state index contributed by atoms with van der Waals surface area (Å²) in [6, 6.07) is 10.4. The highest BCUT2D eigenvalue weighted by Gasteiger charge is 2.23. The smallest absolute Gasteiger partial charge is 0.228 e. The molecule has 0 unspecified atom stereocenters. The van der Waals surface area contributed by atoms with Gasteiger partial charge in [0.15, 0.2) is 5.65 Å². The maximum Gasteiger partial charge on any atom is 0.228 e. The lowest BCUT2D eigenvalue weighted by Crippen LogP contribution is -2.20. The first-order valence-electron chi connectivity index (χ1n) is 9.54. The lowest BCUT2D eigenvalue weighted by Gasteiger charge is -2.16. The Hall–Kier alpha value is -3.26. The standard InChI is InChI=1S/C21H17ClF2N6/c22-15-10-12(6-7-16(15)24)18-17-19(25)30(14-5-3-4-13(23)11-14)28-20(17)27-21(26-18)29-8-1-2-9-29/h3-7,10-11H,1-2,8-9,25H2. The van der Waals surface area contributed by atoms with Crippen LogP contribution >= 0.6 is 11.6 Å². The van der Waals surface area contributed by atoms with E-state index < -0.39 is 11.6 Å². The lowest BCUT2D eigenvalue weighted by molar-refractivity contribution is 0.625. The molecule has 0 radical (unpaired) electrons. The second-order valence-corrected chi connectivity index (χ2v) is 7.58. The third-order valence-corrected chi connectivity index (χ3v) is 5.48. The molecular weight excluding hydrogens is 410 g/mol. The van der Waals surface area contributed by atoms with Crippen molar-refractivity contribution in [3.8, 4) is 16.9 Å². The first-order valence-corrected chi connectivity index (χ1v) is 9.91. The maximum atomic E-state index is 13.8. The molecule has 1 aliphatic rings. The van der Waals surface area contributed by atoms with Gasteiger partial charge >= 0.3 is 0 Å². The van der Waals surface area contributed by atoms with Crippen LogP contribution in [0.5, 0.6) is 0 Å². The number of nitrogens with zero attached hydrogens (tertiary/aromatic N) is 5. The number of rotatable bonds is 3. The molecule has 0 spiro atoms. The van der Waals surface area contributed by atoms with E-state index in [4.69, 9.17) is 22.3 Å². The third-order valence-electron chi connectivity index (χ3n) is 5.19. The molecule has 0 aliphatic carbocycles. The largest absolute Gasteiger partial charge is 0.383 e. The average Bonchev–Trinajstić information content (AvgIpc) is 3.38. The summed E-state index contributed by atoms with van der Waals surface area (Å²) in [6.45, 7) is 1.68. The highest BCUT2D eigenvalue weighted by molar-refractivity contribution is 6.31. The van der Waals surface area contributed by atoms with E-state index >= 15 is 0 Å². The molecular formula is C21H17ClF2N6. The molecule has 0 bridgehead atoms. The minimum Gasteiger partial charge on any atom is -0.383 e. The van der Waals surface area contributed by atoms with Crippen LogP contribution < -0.4 is 10.6 Å². The van der Waals surface area contributed by atoms with Crippen molar-refractivity contribution in [2.75, 3.05) is 23.7 Å². The fraction of sp³-hybridized carbons (Fsp3) is 0.190. The Kier molecular flexibility index (Phi) is 4.51. The molecule has 1 saturated heterocycles. The number of hydrogen-bond acceptors (Lipinski definition) is 5. The average molecular weight is 427 g/mol. The molecule has 5 rings (SSSR count). The van der Waals surface area contributed by atoms with Gasteiger partial charge in [-0.3, -0.25) is 0 Å². The van der Waals surface area contributed by atoms with Crippen LogP contribution in [-0.2, 0) is 0 Å². The van der Waals surface area contributed by atoms with E-state index in [0.29, 0.717) is 33.9 Å². The van der Waals surface area contributed by atoms with Gasteiger partial charge in [0, 0.05) is 18.7 Å². The fourth-order valence-electron chi connectivity index (χ4n) is 3.72. The highest BCUT2D eigenvalue weighted by Crippen LogP contribution is 2.35. The van der Waals surface area contributed by atoms with Gasteiger partial charge in [0.2, 0.25) is 5.95 Å². The van der Waals surface area contributed by atoms with E-state index in [-0.39, 0.29) is 10.8 Å². The fourth-order valence-corrected chi connectivity index (χ4v) is 3.90. The highest BCUT2D eigenvalue weighted by atomic mass is 35.5. The van der Waals surface area contributed by atoms with Crippen LogP contribution in [0.3, 0.4) is 0 Å². The van der Waals surface area contributed by atoms with Gasteiger partial charge in [0.05, 0.1) is 21.8 Å². The minimum absolute atomic E-state index is 0.0157. The first kappa shape index (κ1) is 18.7. The Bertz CT molecular complexity index is 1270. The molecule has 9 heteroatoms. The SMILES string of the molecule is Nc1c2c(-c3ccc(F)c(Cl)c3)nc(N3CCCC3)nc2nn1-c1cccc(F)c1. The van der Waals surface area contributed by atoms with Gasteiger partial charge in [-0.05, 0) is 49.2 Å². The molecule has 3 heterocycles. The van der Waals surface area contributed by atoms with Gasteiger partial charge in [0.1, 0.15) is 17.5 Å². The molecule has 152 valence electrons. The second kappa shape index (κ2) is 7.21. The molecule has 6 nitrogen and oxygen atoms in total. The van der Waals surface area contributed by atoms with Crippen molar-refractivity contribution in [3.05, 3.63) is 59.1 Å². The van der Waals surface area contributed by atoms with Crippen LogP contribution in [0.2, 0.25) is 5.02 Å². The summed E-state index contributed by atoms with van der Waals surface area (Å²) in [7, 11) is 0. The number of nitrogens with two attached hydrogens (primary N) is 1. The van der Waals surface area contributed by atoms with Crippen molar-refractivity contribution in [3.63, 3.8) is 0 Å². The van der Waals surface area contributed by atoms with Crippen LogP contribution in [0.4, 0.5) is 20.5 Å². The Balaban J connectivity index is 1.78. The Morgan fingerprint density at radius 2 is 1.80 bits per heavy atom. The summed E-state index contributed by atoms with van der Waals surface area (Å²) in [6.07, 6.45) is 2.11. The van der Waals surface area contributed by atoms with Crippen LogP contribution in [0, 0.1) is 11.6 Å². The molecule has 30 heavy (non-hydrogen) atoms. The van der Waals surface area contributed by atoms with E-state index in [2.05, 4.69) is 15.0 Å². The number of halogens is 3. The second-order valence-electron chi connectivity index (χ2n) is 7.17. The van der Waals surface area contributed by atoms with Gasteiger partial charge in [-0.15, -0.1) is 5.10 Å². The molecule has 2 N–H and O–H groups in total. The summed E-state index contributed by atoms with van der Waals surface area (Å²) in [5, 5.41) is 5.01. The van der Waals surface area contributed by atoms with Crippen LogP contribution in [0.1, 0.15) is 12.8 Å². The third kappa shape index (κ3) is 3.13. The Morgan fingerprint density at radius 1 is 1.00 bits per heavy atom. The van der Waals surface area contributed by atoms with Gasteiger partial charge in [-0.1, -0.05) is 17.7 Å².